The van der Waals surface area contributed by atoms with Crippen LogP contribution in [0.2, 0.25) is 0 Å². The van der Waals surface area contributed by atoms with Gasteiger partial charge in [0.1, 0.15) is 0 Å². The third-order valence-corrected chi connectivity index (χ3v) is 5.07. The summed E-state index contributed by atoms with van der Waals surface area (Å²) in [6.07, 6.45) is 7.76. The van der Waals surface area contributed by atoms with Crippen LogP contribution in [0.4, 0.5) is 0 Å². The molecule has 0 bridgehead atoms. The van der Waals surface area contributed by atoms with Crippen LogP contribution >= 0.6 is 0 Å². The van der Waals surface area contributed by atoms with Crippen LogP contribution < -0.4 is 0 Å². The molecule has 3 rings (SSSR count). The highest BCUT2D eigenvalue weighted by Gasteiger charge is 2.49. The van der Waals surface area contributed by atoms with Crippen LogP contribution in [0.5, 0.6) is 0 Å². The van der Waals surface area contributed by atoms with Gasteiger partial charge in [-0.15, -0.1) is 0 Å². The molecule has 120 valence electrons. The third-order valence-electron chi connectivity index (χ3n) is 5.07. The quantitative estimate of drug-likeness (QED) is 0.687. The Morgan fingerprint density at radius 1 is 1.22 bits per heavy atom. The van der Waals surface area contributed by atoms with Gasteiger partial charge in [-0.05, 0) is 56.9 Å². The van der Waals surface area contributed by atoms with Crippen molar-refractivity contribution in [2.45, 2.75) is 58.3 Å². The summed E-state index contributed by atoms with van der Waals surface area (Å²) in [6.45, 7) is 6.47. The number of hydrogen-bond acceptors (Lipinski definition) is 2. The molecule has 0 saturated heterocycles. The van der Waals surface area contributed by atoms with Crippen molar-refractivity contribution in [3.63, 3.8) is 0 Å². The molecule has 2 aliphatic rings. The number of rotatable bonds is 4. The van der Waals surface area contributed by atoms with E-state index in [4.69, 9.17) is 10.5 Å². The highest BCUT2D eigenvalue weighted by Crippen LogP contribution is 2.55. The molecule has 0 aliphatic heterocycles. The topological polar surface area (TPSA) is 47.6 Å². The Morgan fingerprint density at radius 2 is 1.87 bits per heavy atom. The molecule has 0 aromatic heterocycles. The minimum absolute atomic E-state index is 0.110. The molecule has 2 fully saturated rings. The molecule has 0 heterocycles. The molecular formula is C21H26N2. The average Bonchev–Trinajstić information content (AvgIpc) is 3.45. The Kier molecular flexibility index (Phi) is 5.27. The van der Waals surface area contributed by atoms with Gasteiger partial charge in [0.2, 0.25) is 0 Å². The maximum atomic E-state index is 8.86. The van der Waals surface area contributed by atoms with E-state index in [0.717, 1.165) is 25.7 Å². The number of nitriles is 2. The van der Waals surface area contributed by atoms with E-state index < -0.39 is 0 Å². The second-order valence-corrected chi connectivity index (χ2v) is 7.42. The van der Waals surface area contributed by atoms with Gasteiger partial charge in [0.05, 0.1) is 23.5 Å². The Balaban J connectivity index is 0.000000167. The Hall–Kier alpha value is -2.06. The summed E-state index contributed by atoms with van der Waals surface area (Å²) in [5.41, 5.74) is 2.80. The standard InChI is InChI=1S/C11H17N.C10H9N/c1-9(2)5-4-6-11(3)7-10(11)8-12;11-8-10(6-7-10)9-4-2-1-3-5-9/h5,10H,4,6-7H2,1-3H3;1-5H,6-7H2. The second kappa shape index (κ2) is 7.01. The molecule has 23 heavy (non-hydrogen) atoms. The fraction of sp³-hybridized carbons (Fsp3) is 0.524. The van der Waals surface area contributed by atoms with Gasteiger partial charge in [-0.25, -0.2) is 0 Å². The first kappa shape index (κ1) is 17.3. The van der Waals surface area contributed by atoms with Crippen molar-refractivity contribution < 1.29 is 0 Å². The molecule has 2 heteroatoms. The van der Waals surface area contributed by atoms with Crippen molar-refractivity contribution in [1.29, 1.82) is 10.5 Å². The van der Waals surface area contributed by atoms with E-state index >= 15 is 0 Å². The van der Waals surface area contributed by atoms with E-state index in [1.165, 1.54) is 17.6 Å². The fourth-order valence-corrected chi connectivity index (χ4v) is 2.92. The van der Waals surface area contributed by atoms with Crippen molar-refractivity contribution >= 4 is 0 Å². The van der Waals surface area contributed by atoms with E-state index in [1.807, 2.05) is 30.3 Å². The van der Waals surface area contributed by atoms with E-state index in [-0.39, 0.29) is 5.41 Å². The van der Waals surface area contributed by atoms with E-state index in [1.54, 1.807) is 0 Å². The normalized spacial score (nSPS) is 25.9. The molecule has 0 N–H and O–H groups in total. The summed E-state index contributed by atoms with van der Waals surface area (Å²) in [5, 5.41) is 17.5. The van der Waals surface area contributed by atoms with Crippen LogP contribution in [0, 0.1) is 34.0 Å². The van der Waals surface area contributed by atoms with Gasteiger partial charge in [-0.1, -0.05) is 48.9 Å². The lowest BCUT2D eigenvalue weighted by Crippen LogP contribution is -2.00. The zero-order chi connectivity index (χ0) is 16.9. The first-order valence-corrected chi connectivity index (χ1v) is 8.45. The van der Waals surface area contributed by atoms with E-state index in [0.29, 0.717) is 11.3 Å². The molecule has 2 unspecified atom stereocenters. The smallest absolute Gasteiger partial charge is 0.0823 e. The molecule has 2 aliphatic carbocycles. The number of nitrogens with zero attached hydrogens (tertiary/aromatic N) is 2. The molecular weight excluding hydrogens is 280 g/mol. The van der Waals surface area contributed by atoms with Crippen LogP contribution in [0.25, 0.3) is 0 Å². The van der Waals surface area contributed by atoms with Crippen LogP contribution in [0.3, 0.4) is 0 Å². The second-order valence-electron chi connectivity index (χ2n) is 7.42. The van der Waals surface area contributed by atoms with Crippen molar-refractivity contribution in [3.05, 3.63) is 47.5 Å². The van der Waals surface area contributed by atoms with Crippen LogP contribution in [0.15, 0.2) is 42.0 Å². The Morgan fingerprint density at radius 3 is 2.30 bits per heavy atom. The maximum Gasteiger partial charge on any atom is 0.0823 e. The molecule has 2 atom stereocenters. The monoisotopic (exact) mass is 306 g/mol. The molecule has 2 nitrogen and oxygen atoms in total. The lowest BCUT2D eigenvalue weighted by atomic mass is 9.98. The molecule has 0 amide bonds. The highest BCUT2D eigenvalue weighted by atomic mass is 14.5. The fourth-order valence-electron chi connectivity index (χ4n) is 2.92. The van der Waals surface area contributed by atoms with Gasteiger partial charge in [-0.3, -0.25) is 0 Å². The first-order chi connectivity index (χ1) is 11.0. The highest BCUT2D eigenvalue weighted by molar-refractivity contribution is 5.38. The molecule has 0 spiro atoms. The predicted molar refractivity (Wildman–Crippen MR) is 93.5 cm³/mol. The van der Waals surface area contributed by atoms with Crippen molar-refractivity contribution in [2.75, 3.05) is 0 Å². The number of hydrogen-bond donors (Lipinski definition) is 0. The number of allylic oxidation sites excluding steroid dienone is 2. The summed E-state index contributed by atoms with van der Waals surface area (Å²) < 4.78 is 0. The third kappa shape index (κ3) is 4.46. The summed E-state index contributed by atoms with van der Waals surface area (Å²) in [7, 11) is 0. The maximum absolute atomic E-state index is 8.86. The SMILES string of the molecule is CC(C)=CCCC1(C)CC1C#N.N#CC1(c2ccccc2)CC1. The van der Waals surface area contributed by atoms with Gasteiger partial charge < -0.3 is 0 Å². The van der Waals surface area contributed by atoms with E-state index in [2.05, 4.69) is 39.0 Å². The summed E-state index contributed by atoms with van der Waals surface area (Å²) in [4.78, 5) is 0. The van der Waals surface area contributed by atoms with Crippen molar-refractivity contribution in [1.82, 2.24) is 0 Å². The Bertz CT molecular complexity index is 637. The van der Waals surface area contributed by atoms with E-state index in [9.17, 15) is 0 Å². The molecule has 0 radical (unpaired) electrons. The van der Waals surface area contributed by atoms with Crippen molar-refractivity contribution in [3.8, 4) is 12.1 Å². The summed E-state index contributed by atoms with van der Waals surface area (Å²) in [6, 6.07) is 14.8. The van der Waals surface area contributed by atoms with Crippen LogP contribution in [0.1, 0.15) is 58.4 Å². The van der Waals surface area contributed by atoms with Crippen LogP contribution in [-0.4, -0.2) is 0 Å². The minimum atomic E-state index is -0.110. The van der Waals surface area contributed by atoms with Gasteiger partial charge in [0, 0.05) is 0 Å². The Labute approximate surface area is 140 Å². The van der Waals surface area contributed by atoms with Crippen molar-refractivity contribution in [2.24, 2.45) is 11.3 Å². The lowest BCUT2D eigenvalue weighted by Gasteiger charge is -2.05. The predicted octanol–water partition coefficient (Wildman–Crippen LogP) is 5.52. The largest absolute Gasteiger partial charge is 0.198 e. The van der Waals surface area contributed by atoms with Crippen LogP contribution in [-0.2, 0) is 5.41 Å². The number of benzene rings is 1. The zero-order valence-corrected chi connectivity index (χ0v) is 14.5. The molecule has 1 aromatic rings. The van der Waals surface area contributed by atoms with Gasteiger partial charge in [0.15, 0.2) is 0 Å². The lowest BCUT2D eigenvalue weighted by molar-refractivity contribution is 0.497. The van der Waals surface area contributed by atoms with Gasteiger partial charge in [-0.2, -0.15) is 10.5 Å². The van der Waals surface area contributed by atoms with Gasteiger partial charge >= 0.3 is 0 Å². The molecule has 1 aromatic carbocycles. The zero-order valence-electron chi connectivity index (χ0n) is 14.5. The molecule has 2 saturated carbocycles. The summed E-state index contributed by atoms with van der Waals surface area (Å²) in [5.74, 6) is 0.336. The van der Waals surface area contributed by atoms with Gasteiger partial charge in [0.25, 0.3) is 0 Å². The minimum Gasteiger partial charge on any atom is -0.198 e. The summed E-state index contributed by atoms with van der Waals surface area (Å²) >= 11 is 0. The average molecular weight is 306 g/mol. The first-order valence-electron chi connectivity index (χ1n) is 8.45.